The third kappa shape index (κ3) is 2.96. The Morgan fingerprint density at radius 3 is 3.17 bits per heavy atom. The lowest BCUT2D eigenvalue weighted by Crippen LogP contribution is -2.37. The molecule has 0 spiro atoms. The highest BCUT2D eigenvalue weighted by Crippen LogP contribution is 2.13. The van der Waals surface area contributed by atoms with Crippen LogP contribution >= 0.6 is 11.3 Å². The van der Waals surface area contributed by atoms with Gasteiger partial charge in [-0.2, -0.15) is 0 Å². The van der Waals surface area contributed by atoms with E-state index in [1.165, 1.54) is 11.3 Å². The van der Waals surface area contributed by atoms with Crippen LogP contribution in [0.2, 0.25) is 0 Å². The molecule has 1 aromatic rings. The Morgan fingerprint density at radius 2 is 2.61 bits per heavy atom. The number of hydrogen-bond donors (Lipinski definition) is 3. The van der Waals surface area contributed by atoms with Crippen molar-refractivity contribution in [2.75, 3.05) is 18.9 Å². The number of nitrogen functional groups attached to an aromatic ring is 1. The van der Waals surface area contributed by atoms with Crippen molar-refractivity contribution in [3.8, 4) is 0 Å². The van der Waals surface area contributed by atoms with Gasteiger partial charge in [-0.3, -0.25) is 4.79 Å². The molecule has 4 N–H and O–H groups in total. The van der Waals surface area contributed by atoms with Gasteiger partial charge in [0.25, 0.3) is 5.91 Å². The minimum absolute atomic E-state index is 0.0365. The number of amides is 1. The Bertz CT molecular complexity index is 454. The number of ether oxygens (including phenoxy) is 1. The Kier molecular flexibility index (Phi) is 4.11. The molecule has 1 fully saturated rings. The third-order valence-corrected chi connectivity index (χ3v) is 3.27. The summed E-state index contributed by atoms with van der Waals surface area (Å²) >= 11 is 1.18. The van der Waals surface area contributed by atoms with Crippen LogP contribution in [0, 0.1) is 0 Å². The first-order chi connectivity index (χ1) is 8.70. The molecule has 0 aromatic carbocycles. The van der Waals surface area contributed by atoms with Gasteiger partial charge in [0.1, 0.15) is 5.69 Å². The molecule has 98 valence electrons. The van der Waals surface area contributed by atoms with E-state index in [1.54, 1.807) is 5.38 Å². The maximum absolute atomic E-state index is 11.8. The van der Waals surface area contributed by atoms with Crippen LogP contribution in [0.3, 0.4) is 0 Å². The quantitative estimate of drug-likeness (QED) is 0.411. The SMILES string of the molecule is Nc1nc(C(=NO)C(=O)NCC2CCCO2)cs1. The topological polar surface area (TPSA) is 110 Å². The Morgan fingerprint density at radius 1 is 1.78 bits per heavy atom. The zero-order valence-corrected chi connectivity index (χ0v) is 10.4. The summed E-state index contributed by atoms with van der Waals surface area (Å²) in [5.74, 6) is -0.488. The molecule has 1 unspecified atom stereocenters. The fourth-order valence-electron chi connectivity index (χ4n) is 1.70. The van der Waals surface area contributed by atoms with E-state index in [0.717, 1.165) is 19.4 Å². The minimum Gasteiger partial charge on any atom is -0.410 e. The van der Waals surface area contributed by atoms with Crippen LogP contribution < -0.4 is 11.1 Å². The molecule has 7 nitrogen and oxygen atoms in total. The lowest BCUT2D eigenvalue weighted by molar-refractivity contribution is -0.115. The molecule has 2 heterocycles. The summed E-state index contributed by atoms with van der Waals surface area (Å²) in [6.45, 7) is 1.13. The Labute approximate surface area is 108 Å². The average molecular weight is 270 g/mol. The first-order valence-electron chi connectivity index (χ1n) is 5.54. The molecule has 1 saturated heterocycles. The first-order valence-corrected chi connectivity index (χ1v) is 6.42. The van der Waals surface area contributed by atoms with Gasteiger partial charge < -0.3 is 21.0 Å². The van der Waals surface area contributed by atoms with Gasteiger partial charge in [-0.1, -0.05) is 5.16 Å². The summed E-state index contributed by atoms with van der Waals surface area (Å²) < 4.78 is 5.38. The van der Waals surface area contributed by atoms with E-state index < -0.39 is 5.91 Å². The summed E-state index contributed by atoms with van der Waals surface area (Å²) in [7, 11) is 0. The van der Waals surface area contributed by atoms with Crippen molar-refractivity contribution >= 4 is 28.1 Å². The van der Waals surface area contributed by atoms with Crippen LogP contribution in [0.4, 0.5) is 5.13 Å². The van der Waals surface area contributed by atoms with E-state index in [4.69, 9.17) is 15.7 Å². The first kappa shape index (κ1) is 12.8. The van der Waals surface area contributed by atoms with Gasteiger partial charge in [0, 0.05) is 18.5 Å². The molecule has 1 aromatic heterocycles. The number of thiazole rings is 1. The fourth-order valence-corrected chi connectivity index (χ4v) is 2.25. The number of carbonyl (C=O) groups is 1. The Balaban J connectivity index is 1.93. The van der Waals surface area contributed by atoms with Gasteiger partial charge in [0.15, 0.2) is 10.8 Å². The van der Waals surface area contributed by atoms with Crippen LogP contribution in [-0.2, 0) is 9.53 Å². The molecular formula is C10H14N4O3S. The fraction of sp³-hybridized carbons (Fsp3) is 0.500. The van der Waals surface area contributed by atoms with Gasteiger partial charge in [-0.25, -0.2) is 4.98 Å². The van der Waals surface area contributed by atoms with Gasteiger partial charge in [0.2, 0.25) is 0 Å². The van der Waals surface area contributed by atoms with E-state index in [-0.39, 0.29) is 17.5 Å². The minimum atomic E-state index is -0.488. The van der Waals surface area contributed by atoms with E-state index in [1.807, 2.05) is 0 Å². The smallest absolute Gasteiger partial charge is 0.275 e. The van der Waals surface area contributed by atoms with Crippen LogP contribution in [0.1, 0.15) is 18.5 Å². The van der Waals surface area contributed by atoms with Gasteiger partial charge in [-0.05, 0) is 12.8 Å². The van der Waals surface area contributed by atoms with Gasteiger partial charge in [0.05, 0.1) is 6.10 Å². The van der Waals surface area contributed by atoms with Crippen LogP contribution in [0.25, 0.3) is 0 Å². The number of nitrogens with zero attached hydrogens (tertiary/aromatic N) is 2. The normalized spacial score (nSPS) is 20.0. The summed E-state index contributed by atoms with van der Waals surface area (Å²) in [6.07, 6.45) is 1.97. The van der Waals surface area contributed by atoms with Crippen molar-refractivity contribution in [3.63, 3.8) is 0 Å². The van der Waals surface area contributed by atoms with E-state index in [0.29, 0.717) is 11.7 Å². The lowest BCUT2D eigenvalue weighted by atomic mass is 10.2. The van der Waals surface area contributed by atoms with Crippen molar-refractivity contribution in [2.45, 2.75) is 18.9 Å². The summed E-state index contributed by atoms with van der Waals surface area (Å²) in [4.78, 5) is 15.7. The third-order valence-electron chi connectivity index (χ3n) is 2.59. The molecule has 8 heteroatoms. The van der Waals surface area contributed by atoms with Crippen molar-refractivity contribution in [1.82, 2.24) is 10.3 Å². The molecule has 0 bridgehead atoms. The van der Waals surface area contributed by atoms with Gasteiger partial charge in [-0.15, -0.1) is 11.3 Å². The molecule has 2 rings (SSSR count). The standard InChI is InChI=1S/C10H14N4O3S/c11-10-13-7(5-18-10)8(14-16)9(15)12-4-6-2-1-3-17-6/h5-6,16H,1-4H2,(H2,11,13)(H,12,15). The van der Waals surface area contributed by atoms with Crippen molar-refractivity contribution in [2.24, 2.45) is 5.16 Å². The zero-order chi connectivity index (χ0) is 13.0. The molecule has 1 atom stereocenters. The highest BCUT2D eigenvalue weighted by atomic mass is 32.1. The van der Waals surface area contributed by atoms with Crippen LogP contribution in [0.5, 0.6) is 0 Å². The second-order valence-corrected chi connectivity index (χ2v) is 4.75. The summed E-state index contributed by atoms with van der Waals surface area (Å²) in [5, 5.41) is 16.4. The summed E-state index contributed by atoms with van der Waals surface area (Å²) in [6, 6.07) is 0. The summed E-state index contributed by atoms with van der Waals surface area (Å²) in [5.41, 5.74) is 5.59. The number of hydrogen-bond acceptors (Lipinski definition) is 7. The molecule has 0 aliphatic carbocycles. The molecular weight excluding hydrogens is 256 g/mol. The number of nitrogens with two attached hydrogens (primary N) is 1. The zero-order valence-electron chi connectivity index (χ0n) is 9.63. The van der Waals surface area contributed by atoms with Crippen molar-refractivity contribution in [3.05, 3.63) is 11.1 Å². The number of carbonyl (C=O) groups excluding carboxylic acids is 1. The molecule has 1 amide bonds. The van der Waals surface area contributed by atoms with E-state index in [2.05, 4.69) is 15.5 Å². The number of oxime groups is 1. The monoisotopic (exact) mass is 270 g/mol. The van der Waals surface area contributed by atoms with E-state index in [9.17, 15) is 4.79 Å². The second kappa shape index (κ2) is 5.78. The number of rotatable bonds is 4. The highest BCUT2D eigenvalue weighted by Gasteiger charge is 2.21. The largest absolute Gasteiger partial charge is 0.410 e. The van der Waals surface area contributed by atoms with E-state index >= 15 is 0 Å². The lowest BCUT2D eigenvalue weighted by Gasteiger charge is -2.10. The Hall–Kier alpha value is -1.67. The predicted octanol–water partition coefficient (Wildman–Crippen LogP) is 0.199. The molecule has 0 radical (unpaired) electrons. The van der Waals surface area contributed by atoms with Crippen LogP contribution in [-0.4, -0.2) is 41.1 Å². The maximum atomic E-state index is 11.8. The molecule has 0 saturated carbocycles. The van der Waals surface area contributed by atoms with Crippen LogP contribution in [0.15, 0.2) is 10.5 Å². The molecule has 1 aliphatic heterocycles. The van der Waals surface area contributed by atoms with Crippen molar-refractivity contribution < 1.29 is 14.7 Å². The van der Waals surface area contributed by atoms with Crippen molar-refractivity contribution in [1.29, 1.82) is 0 Å². The molecule has 18 heavy (non-hydrogen) atoms. The number of anilines is 1. The molecule has 1 aliphatic rings. The number of aromatic nitrogens is 1. The predicted molar refractivity (Wildman–Crippen MR) is 66.8 cm³/mol. The second-order valence-electron chi connectivity index (χ2n) is 3.86. The maximum Gasteiger partial charge on any atom is 0.275 e. The number of nitrogens with one attached hydrogen (secondary N) is 1. The average Bonchev–Trinajstić information content (AvgIpc) is 2.99. The highest BCUT2D eigenvalue weighted by molar-refractivity contribution is 7.13. The van der Waals surface area contributed by atoms with Gasteiger partial charge >= 0.3 is 0 Å².